The molecule has 0 amide bonds. The van der Waals surface area contributed by atoms with Gasteiger partial charge in [0.25, 0.3) is 0 Å². The number of hydrogen-bond donors (Lipinski definition) is 2. The Kier molecular flexibility index (Phi) is 5.72. The molecule has 0 saturated carbocycles. The molecule has 0 aliphatic heterocycles. The Morgan fingerprint density at radius 1 is 1.14 bits per heavy atom. The Balaban J connectivity index is 2.10. The third kappa shape index (κ3) is 4.28. The number of nitrogens with one attached hydrogen (secondary N) is 1. The Morgan fingerprint density at radius 2 is 1.95 bits per heavy atom. The van der Waals surface area contributed by atoms with E-state index in [1.807, 2.05) is 6.07 Å². The van der Waals surface area contributed by atoms with Crippen molar-refractivity contribution >= 4 is 0 Å². The van der Waals surface area contributed by atoms with Crippen LogP contribution in [0.4, 0.5) is 4.39 Å². The maximum atomic E-state index is 14.1. The number of hydrogen-bond acceptors (Lipinski definition) is 3. The van der Waals surface area contributed by atoms with Crippen LogP contribution in [0, 0.1) is 5.82 Å². The molecule has 2 N–H and O–H groups in total. The largest absolute Gasteiger partial charge is 0.454 e. The molecule has 3 nitrogen and oxygen atoms in total. The highest BCUT2D eigenvalue weighted by Gasteiger charge is 2.08. The summed E-state index contributed by atoms with van der Waals surface area (Å²) in [5, 5.41) is 12.5. The van der Waals surface area contributed by atoms with Crippen molar-refractivity contribution in [2.24, 2.45) is 0 Å². The van der Waals surface area contributed by atoms with Gasteiger partial charge >= 0.3 is 0 Å². The van der Waals surface area contributed by atoms with Gasteiger partial charge in [-0.15, -0.1) is 0 Å². The molecule has 2 aromatic carbocycles. The summed E-state index contributed by atoms with van der Waals surface area (Å²) in [4.78, 5) is 0. The van der Waals surface area contributed by atoms with Gasteiger partial charge in [-0.3, -0.25) is 0 Å². The second-order valence-corrected chi connectivity index (χ2v) is 4.81. The molecule has 21 heavy (non-hydrogen) atoms. The van der Waals surface area contributed by atoms with Crippen LogP contribution in [-0.2, 0) is 13.2 Å². The lowest BCUT2D eigenvalue weighted by Crippen LogP contribution is -2.13. The lowest BCUT2D eigenvalue weighted by Gasteiger charge is -2.11. The first kappa shape index (κ1) is 15.5. The monoisotopic (exact) mass is 289 g/mol. The van der Waals surface area contributed by atoms with E-state index in [1.165, 1.54) is 6.07 Å². The normalized spacial score (nSPS) is 10.6. The Morgan fingerprint density at radius 3 is 2.67 bits per heavy atom. The van der Waals surface area contributed by atoms with Gasteiger partial charge < -0.3 is 15.2 Å². The van der Waals surface area contributed by atoms with Crippen molar-refractivity contribution in [3.63, 3.8) is 0 Å². The molecule has 0 atom stereocenters. The minimum Gasteiger partial charge on any atom is -0.454 e. The molecule has 0 bridgehead atoms. The van der Waals surface area contributed by atoms with Crippen LogP contribution < -0.4 is 10.1 Å². The van der Waals surface area contributed by atoms with Gasteiger partial charge in [0.1, 0.15) is 5.75 Å². The Bertz CT molecular complexity index is 587. The predicted octanol–water partition coefficient (Wildman–Crippen LogP) is 3.61. The molecule has 0 heterocycles. The first-order valence-electron chi connectivity index (χ1n) is 7.10. The molecule has 0 saturated heterocycles. The van der Waals surface area contributed by atoms with E-state index < -0.39 is 5.82 Å². The van der Waals surface area contributed by atoms with E-state index in [9.17, 15) is 9.50 Å². The van der Waals surface area contributed by atoms with Crippen LogP contribution in [-0.4, -0.2) is 11.7 Å². The SMILES string of the molecule is CCCNCc1ccc(Oc2ccccc2CO)c(F)c1. The van der Waals surface area contributed by atoms with Gasteiger partial charge in [-0.05, 0) is 36.7 Å². The van der Waals surface area contributed by atoms with Crippen LogP contribution in [0.5, 0.6) is 11.5 Å². The third-order valence-electron chi connectivity index (χ3n) is 3.12. The van der Waals surface area contributed by atoms with E-state index in [0.29, 0.717) is 17.9 Å². The van der Waals surface area contributed by atoms with Crippen LogP contribution in [0.2, 0.25) is 0 Å². The summed E-state index contributed by atoms with van der Waals surface area (Å²) < 4.78 is 19.6. The van der Waals surface area contributed by atoms with E-state index in [-0.39, 0.29) is 12.4 Å². The molecule has 0 aliphatic rings. The van der Waals surface area contributed by atoms with Gasteiger partial charge in [-0.25, -0.2) is 4.39 Å². The molecule has 0 aromatic heterocycles. The van der Waals surface area contributed by atoms with Crippen LogP contribution in [0.15, 0.2) is 42.5 Å². The van der Waals surface area contributed by atoms with Gasteiger partial charge in [0.2, 0.25) is 0 Å². The first-order chi connectivity index (χ1) is 10.2. The lowest BCUT2D eigenvalue weighted by molar-refractivity contribution is 0.276. The number of rotatable bonds is 7. The van der Waals surface area contributed by atoms with E-state index >= 15 is 0 Å². The average Bonchev–Trinajstić information content (AvgIpc) is 2.50. The molecule has 112 valence electrons. The van der Waals surface area contributed by atoms with Crippen LogP contribution in [0.3, 0.4) is 0 Å². The fourth-order valence-electron chi connectivity index (χ4n) is 2.00. The number of aliphatic hydroxyl groups excluding tert-OH is 1. The number of aliphatic hydroxyl groups is 1. The van der Waals surface area contributed by atoms with E-state index in [2.05, 4.69) is 12.2 Å². The second kappa shape index (κ2) is 7.76. The molecule has 0 unspecified atom stereocenters. The minimum absolute atomic E-state index is 0.142. The minimum atomic E-state index is -0.404. The quantitative estimate of drug-likeness (QED) is 0.765. The topological polar surface area (TPSA) is 41.5 Å². The number of ether oxygens (including phenoxy) is 1. The maximum absolute atomic E-state index is 14.1. The molecule has 2 aromatic rings. The van der Waals surface area contributed by atoms with Gasteiger partial charge in [-0.2, -0.15) is 0 Å². The Hall–Kier alpha value is -1.91. The molecule has 0 fully saturated rings. The molecule has 4 heteroatoms. The Labute approximate surface area is 124 Å². The fourth-order valence-corrected chi connectivity index (χ4v) is 2.00. The molecule has 2 rings (SSSR count). The first-order valence-corrected chi connectivity index (χ1v) is 7.10. The van der Waals surface area contributed by atoms with Crippen molar-refractivity contribution in [3.05, 3.63) is 59.4 Å². The standard InChI is InChI=1S/C17H20FNO2/c1-2-9-19-11-13-7-8-17(15(18)10-13)21-16-6-4-3-5-14(16)12-20/h3-8,10,19-20H,2,9,11-12H2,1H3. The van der Waals surface area contributed by atoms with Crippen LogP contribution in [0.25, 0.3) is 0 Å². The summed E-state index contributed by atoms with van der Waals surface area (Å²) in [6.07, 6.45) is 1.04. The summed E-state index contributed by atoms with van der Waals surface area (Å²) in [6, 6.07) is 12.0. The number of halogens is 1. The molecular weight excluding hydrogens is 269 g/mol. The van der Waals surface area contributed by atoms with E-state index in [0.717, 1.165) is 18.5 Å². The maximum Gasteiger partial charge on any atom is 0.166 e. The van der Waals surface area contributed by atoms with E-state index in [4.69, 9.17) is 4.74 Å². The highest BCUT2D eigenvalue weighted by atomic mass is 19.1. The van der Waals surface area contributed by atoms with Gasteiger partial charge in [0.15, 0.2) is 11.6 Å². The van der Waals surface area contributed by atoms with Crippen LogP contribution >= 0.6 is 0 Å². The molecular formula is C17H20FNO2. The van der Waals surface area contributed by atoms with Crippen molar-refractivity contribution < 1.29 is 14.2 Å². The summed E-state index contributed by atoms with van der Waals surface area (Å²) in [7, 11) is 0. The third-order valence-corrected chi connectivity index (χ3v) is 3.12. The highest BCUT2D eigenvalue weighted by Crippen LogP contribution is 2.28. The summed E-state index contributed by atoms with van der Waals surface area (Å²) >= 11 is 0. The van der Waals surface area contributed by atoms with Crippen molar-refractivity contribution in [1.29, 1.82) is 0 Å². The smallest absolute Gasteiger partial charge is 0.166 e. The second-order valence-electron chi connectivity index (χ2n) is 4.81. The van der Waals surface area contributed by atoms with Crippen molar-refractivity contribution in [2.75, 3.05) is 6.54 Å². The van der Waals surface area contributed by atoms with Crippen molar-refractivity contribution in [2.45, 2.75) is 26.5 Å². The fraction of sp³-hybridized carbons (Fsp3) is 0.294. The molecule has 0 spiro atoms. The average molecular weight is 289 g/mol. The summed E-state index contributed by atoms with van der Waals surface area (Å²) in [5.41, 5.74) is 1.51. The molecule has 0 radical (unpaired) electrons. The number of benzene rings is 2. The highest BCUT2D eigenvalue weighted by molar-refractivity contribution is 5.39. The van der Waals surface area contributed by atoms with Crippen LogP contribution in [0.1, 0.15) is 24.5 Å². The van der Waals surface area contributed by atoms with E-state index in [1.54, 1.807) is 30.3 Å². The van der Waals surface area contributed by atoms with Gasteiger partial charge in [-0.1, -0.05) is 31.2 Å². The van der Waals surface area contributed by atoms with Gasteiger partial charge in [0, 0.05) is 12.1 Å². The predicted molar refractivity (Wildman–Crippen MR) is 80.8 cm³/mol. The lowest BCUT2D eigenvalue weighted by atomic mass is 10.2. The number of para-hydroxylation sites is 1. The van der Waals surface area contributed by atoms with Gasteiger partial charge in [0.05, 0.1) is 6.61 Å². The summed E-state index contributed by atoms with van der Waals surface area (Å²) in [5.74, 6) is 0.226. The zero-order chi connectivity index (χ0) is 15.1. The van der Waals surface area contributed by atoms with Crippen molar-refractivity contribution in [1.82, 2.24) is 5.32 Å². The zero-order valence-electron chi connectivity index (χ0n) is 12.1. The zero-order valence-corrected chi connectivity index (χ0v) is 12.1. The van der Waals surface area contributed by atoms with Crippen molar-refractivity contribution in [3.8, 4) is 11.5 Å². The summed E-state index contributed by atoms with van der Waals surface area (Å²) in [6.45, 7) is 3.49. The molecule has 0 aliphatic carbocycles.